The quantitative estimate of drug-likeness (QED) is 0.595. The van der Waals surface area contributed by atoms with Crippen molar-refractivity contribution < 1.29 is 12.8 Å². The van der Waals surface area contributed by atoms with Gasteiger partial charge in [-0.25, -0.2) is 13.2 Å². The van der Waals surface area contributed by atoms with Crippen LogP contribution in [0.4, 0.5) is 5.69 Å². The van der Waals surface area contributed by atoms with Crippen molar-refractivity contribution in [2.75, 3.05) is 4.72 Å². The minimum absolute atomic E-state index is 0.00126. The van der Waals surface area contributed by atoms with Crippen LogP contribution >= 0.6 is 0 Å². The zero-order valence-electron chi connectivity index (χ0n) is 12.2. The van der Waals surface area contributed by atoms with Crippen LogP contribution in [0.3, 0.4) is 0 Å². The molecule has 4 aromatic rings. The van der Waals surface area contributed by atoms with Gasteiger partial charge in [-0.1, -0.05) is 6.07 Å². The van der Waals surface area contributed by atoms with Crippen molar-refractivity contribution in [2.45, 2.75) is 4.90 Å². The van der Waals surface area contributed by atoms with Crippen molar-refractivity contribution >= 4 is 37.7 Å². The van der Waals surface area contributed by atoms with E-state index in [9.17, 15) is 13.2 Å². The van der Waals surface area contributed by atoms with Gasteiger partial charge >= 0.3 is 5.76 Å². The standard InChI is InChI=1S/C16H11N3O4S/c20-16-18-14-7-6-10(9-15(14)23-16)24(21,22)19-13-5-1-4-12-11(13)3-2-8-17-12/h1-9,19H,(H,18,20). The Morgan fingerprint density at radius 3 is 2.83 bits per heavy atom. The first-order chi connectivity index (χ1) is 11.5. The number of aromatic nitrogens is 2. The topological polar surface area (TPSA) is 105 Å². The lowest BCUT2D eigenvalue weighted by Gasteiger charge is -2.10. The molecule has 0 aliphatic rings. The van der Waals surface area contributed by atoms with E-state index in [1.54, 1.807) is 36.5 Å². The van der Waals surface area contributed by atoms with Crippen LogP contribution < -0.4 is 10.5 Å². The van der Waals surface area contributed by atoms with Crippen LogP contribution in [0.25, 0.3) is 22.0 Å². The van der Waals surface area contributed by atoms with Crippen LogP contribution in [-0.2, 0) is 10.0 Å². The lowest BCUT2D eigenvalue weighted by Crippen LogP contribution is -2.13. The van der Waals surface area contributed by atoms with Gasteiger partial charge in [-0.2, -0.15) is 0 Å². The molecule has 0 atom stereocenters. The van der Waals surface area contributed by atoms with Crippen LogP contribution in [-0.4, -0.2) is 18.4 Å². The molecule has 0 bridgehead atoms. The largest absolute Gasteiger partial charge is 0.417 e. The maximum Gasteiger partial charge on any atom is 0.417 e. The number of hydrogen-bond acceptors (Lipinski definition) is 5. The summed E-state index contributed by atoms with van der Waals surface area (Å²) in [6.07, 6.45) is 1.64. The highest BCUT2D eigenvalue weighted by atomic mass is 32.2. The molecule has 2 aromatic carbocycles. The Kier molecular flexibility index (Phi) is 3.14. The molecular formula is C16H11N3O4S. The molecule has 0 fully saturated rings. The average Bonchev–Trinajstić information content (AvgIpc) is 2.94. The van der Waals surface area contributed by atoms with Gasteiger partial charge in [0.2, 0.25) is 0 Å². The van der Waals surface area contributed by atoms with Crippen LogP contribution in [0.2, 0.25) is 0 Å². The zero-order chi connectivity index (χ0) is 16.7. The number of anilines is 1. The molecular weight excluding hydrogens is 330 g/mol. The summed E-state index contributed by atoms with van der Waals surface area (Å²) >= 11 is 0. The Balaban J connectivity index is 1.80. The number of oxazole rings is 1. The van der Waals surface area contributed by atoms with E-state index in [1.807, 2.05) is 0 Å². The molecule has 8 heteroatoms. The van der Waals surface area contributed by atoms with Gasteiger partial charge in [-0.05, 0) is 36.4 Å². The lowest BCUT2D eigenvalue weighted by molar-refractivity contribution is 0.554. The van der Waals surface area contributed by atoms with E-state index >= 15 is 0 Å². The van der Waals surface area contributed by atoms with Crippen molar-refractivity contribution in [3.63, 3.8) is 0 Å². The highest BCUT2D eigenvalue weighted by Crippen LogP contribution is 2.25. The number of H-pyrrole nitrogens is 1. The smallest absolute Gasteiger partial charge is 0.408 e. The van der Waals surface area contributed by atoms with E-state index in [0.29, 0.717) is 22.1 Å². The third-order valence-corrected chi connectivity index (χ3v) is 4.96. The minimum atomic E-state index is -3.84. The Bertz CT molecular complexity index is 1220. The van der Waals surface area contributed by atoms with Gasteiger partial charge in [0.05, 0.1) is 21.6 Å². The molecule has 0 amide bonds. The molecule has 2 heterocycles. The number of aromatic amines is 1. The molecule has 0 spiro atoms. The first-order valence-electron chi connectivity index (χ1n) is 7.02. The molecule has 120 valence electrons. The lowest BCUT2D eigenvalue weighted by atomic mass is 10.2. The summed E-state index contributed by atoms with van der Waals surface area (Å²) < 4.78 is 32.7. The van der Waals surface area contributed by atoms with Crippen LogP contribution in [0.1, 0.15) is 0 Å². The number of nitrogens with one attached hydrogen (secondary N) is 2. The fraction of sp³-hybridized carbons (Fsp3) is 0. The molecule has 0 unspecified atom stereocenters. The molecule has 0 saturated heterocycles. The van der Waals surface area contributed by atoms with Crippen molar-refractivity contribution in [3.8, 4) is 0 Å². The molecule has 0 saturated carbocycles. The number of nitrogens with zero attached hydrogens (tertiary/aromatic N) is 1. The van der Waals surface area contributed by atoms with Gasteiger partial charge in [0, 0.05) is 17.6 Å². The van der Waals surface area contributed by atoms with Crippen LogP contribution in [0.15, 0.2) is 68.8 Å². The summed E-state index contributed by atoms with van der Waals surface area (Å²) in [4.78, 5) is 17.9. The van der Waals surface area contributed by atoms with Crippen molar-refractivity contribution in [2.24, 2.45) is 0 Å². The monoisotopic (exact) mass is 341 g/mol. The average molecular weight is 341 g/mol. The molecule has 0 aliphatic heterocycles. The Morgan fingerprint density at radius 2 is 1.96 bits per heavy atom. The number of sulfonamides is 1. The summed E-state index contributed by atoms with van der Waals surface area (Å²) in [6, 6.07) is 12.9. The summed E-state index contributed by atoms with van der Waals surface area (Å²) in [5.41, 5.74) is 1.73. The fourth-order valence-electron chi connectivity index (χ4n) is 2.49. The summed E-state index contributed by atoms with van der Waals surface area (Å²) in [6.45, 7) is 0. The molecule has 0 aliphatic carbocycles. The first-order valence-corrected chi connectivity index (χ1v) is 8.51. The maximum atomic E-state index is 12.6. The van der Waals surface area contributed by atoms with E-state index in [4.69, 9.17) is 4.42 Å². The van der Waals surface area contributed by atoms with Crippen molar-refractivity contribution in [3.05, 3.63) is 65.3 Å². The highest BCUT2D eigenvalue weighted by molar-refractivity contribution is 7.92. The Morgan fingerprint density at radius 1 is 1.08 bits per heavy atom. The number of pyridine rings is 1. The fourth-order valence-corrected chi connectivity index (χ4v) is 3.58. The predicted molar refractivity (Wildman–Crippen MR) is 89.4 cm³/mol. The molecule has 2 N–H and O–H groups in total. The Labute approximate surface area is 136 Å². The SMILES string of the molecule is O=c1[nH]c2ccc(S(=O)(=O)Nc3cccc4ncccc34)cc2o1. The van der Waals surface area contributed by atoms with Crippen LogP contribution in [0.5, 0.6) is 0 Å². The van der Waals surface area contributed by atoms with Gasteiger partial charge in [0.15, 0.2) is 5.58 Å². The third kappa shape index (κ3) is 2.42. The van der Waals surface area contributed by atoms with Gasteiger partial charge in [-0.3, -0.25) is 14.7 Å². The van der Waals surface area contributed by atoms with E-state index in [2.05, 4.69) is 14.7 Å². The minimum Gasteiger partial charge on any atom is -0.408 e. The molecule has 7 nitrogen and oxygen atoms in total. The third-order valence-electron chi connectivity index (χ3n) is 3.59. The Hall–Kier alpha value is -3.13. The van der Waals surface area contributed by atoms with Gasteiger partial charge < -0.3 is 4.42 Å². The zero-order valence-corrected chi connectivity index (χ0v) is 13.0. The summed E-state index contributed by atoms with van der Waals surface area (Å²) in [7, 11) is -3.84. The highest BCUT2D eigenvalue weighted by Gasteiger charge is 2.17. The van der Waals surface area contributed by atoms with Gasteiger partial charge in [0.25, 0.3) is 10.0 Å². The number of fused-ring (bicyclic) bond motifs is 2. The number of benzene rings is 2. The van der Waals surface area contributed by atoms with E-state index in [-0.39, 0.29) is 10.5 Å². The van der Waals surface area contributed by atoms with Crippen molar-refractivity contribution in [1.29, 1.82) is 0 Å². The number of rotatable bonds is 3. The molecule has 24 heavy (non-hydrogen) atoms. The maximum absolute atomic E-state index is 12.6. The molecule has 4 rings (SSSR count). The molecule has 2 aromatic heterocycles. The number of hydrogen-bond donors (Lipinski definition) is 2. The van der Waals surface area contributed by atoms with Crippen molar-refractivity contribution in [1.82, 2.24) is 9.97 Å². The van der Waals surface area contributed by atoms with E-state index < -0.39 is 15.8 Å². The second-order valence-electron chi connectivity index (χ2n) is 5.15. The van der Waals surface area contributed by atoms with E-state index in [1.165, 1.54) is 18.2 Å². The predicted octanol–water partition coefficient (Wildman–Crippen LogP) is 2.47. The van der Waals surface area contributed by atoms with Gasteiger partial charge in [-0.15, -0.1) is 0 Å². The van der Waals surface area contributed by atoms with Gasteiger partial charge in [0.1, 0.15) is 0 Å². The summed E-state index contributed by atoms with van der Waals surface area (Å²) in [5, 5.41) is 0.692. The first kappa shape index (κ1) is 14.5. The van der Waals surface area contributed by atoms with Crippen LogP contribution in [0, 0.1) is 0 Å². The van der Waals surface area contributed by atoms with E-state index in [0.717, 1.165) is 0 Å². The normalized spacial score (nSPS) is 11.8. The molecule has 0 radical (unpaired) electrons. The summed E-state index contributed by atoms with van der Waals surface area (Å²) in [5.74, 6) is -0.632. The second kappa shape index (κ2) is 5.20. The second-order valence-corrected chi connectivity index (χ2v) is 6.84.